The second-order valence-electron chi connectivity index (χ2n) is 7.42. The van der Waals surface area contributed by atoms with Crippen LogP contribution in [-0.4, -0.2) is 57.8 Å². The molecule has 2 aliphatic rings. The molecule has 0 unspecified atom stereocenters. The molecule has 0 radical (unpaired) electrons. The number of aryl methyl sites for hydroxylation is 2. The van der Waals surface area contributed by atoms with Gasteiger partial charge in [0.2, 0.25) is 5.91 Å². The molecule has 0 N–H and O–H groups in total. The monoisotopic (exact) mass is 366 g/mol. The van der Waals surface area contributed by atoms with Crippen LogP contribution in [0, 0.1) is 5.92 Å². The second-order valence-corrected chi connectivity index (χ2v) is 7.42. The Labute approximate surface area is 159 Å². The highest BCUT2D eigenvalue weighted by molar-refractivity contribution is 5.97. The number of amides is 2. The molecule has 2 heterocycles. The van der Waals surface area contributed by atoms with Gasteiger partial charge in [0.05, 0.1) is 22.4 Å². The topological polar surface area (TPSA) is 66.4 Å². The SMILES string of the molecule is CCc1nc2ccc(C(=O)N3CCN(C(=O)C4CC4)CC3)cc2nc1CC. The summed E-state index contributed by atoms with van der Waals surface area (Å²) in [4.78, 5) is 38.3. The van der Waals surface area contributed by atoms with Gasteiger partial charge in [-0.05, 0) is 43.9 Å². The van der Waals surface area contributed by atoms with E-state index >= 15 is 0 Å². The third-order valence-electron chi connectivity index (χ3n) is 5.54. The maximum absolute atomic E-state index is 12.9. The van der Waals surface area contributed by atoms with Crippen LogP contribution < -0.4 is 0 Å². The summed E-state index contributed by atoms with van der Waals surface area (Å²) in [5.41, 5.74) is 4.28. The lowest BCUT2D eigenvalue weighted by Gasteiger charge is -2.35. The number of benzene rings is 1. The van der Waals surface area contributed by atoms with E-state index in [1.807, 2.05) is 28.0 Å². The standard InChI is InChI=1S/C21H26N4O2/c1-3-16-17(4-2)23-19-13-15(7-8-18(19)22-16)21(27)25-11-9-24(10-12-25)20(26)14-5-6-14/h7-8,13-14H,3-6,9-12H2,1-2H3. The Kier molecular flexibility index (Phi) is 4.81. The fourth-order valence-electron chi connectivity index (χ4n) is 3.73. The van der Waals surface area contributed by atoms with Gasteiger partial charge in [-0.2, -0.15) is 0 Å². The molecule has 1 aromatic heterocycles. The predicted molar refractivity (Wildman–Crippen MR) is 104 cm³/mol. The number of hydrogen-bond acceptors (Lipinski definition) is 4. The van der Waals surface area contributed by atoms with E-state index in [1.165, 1.54) is 0 Å². The van der Waals surface area contributed by atoms with Crippen LogP contribution in [0.4, 0.5) is 0 Å². The average Bonchev–Trinajstić information content (AvgIpc) is 3.56. The summed E-state index contributed by atoms with van der Waals surface area (Å²) in [5.74, 6) is 0.517. The Morgan fingerprint density at radius 2 is 1.52 bits per heavy atom. The summed E-state index contributed by atoms with van der Waals surface area (Å²) in [5, 5.41) is 0. The highest BCUT2D eigenvalue weighted by Gasteiger charge is 2.35. The van der Waals surface area contributed by atoms with E-state index in [2.05, 4.69) is 13.8 Å². The highest BCUT2D eigenvalue weighted by atomic mass is 16.2. The predicted octanol–water partition coefficient (Wildman–Crippen LogP) is 2.45. The molecular formula is C21H26N4O2. The van der Waals surface area contributed by atoms with E-state index in [9.17, 15) is 9.59 Å². The Morgan fingerprint density at radius 3 is 2.11 bits per heavy atom. The number of rotatable bonds is 4. The minimum absolute atomic E-state index is 0.00911. The van der Waals surface area contributed by atoms with E-state index < -0.39 is 0 Å². The Morgan fingerprint density at radius 1 is 0.926 bits per heavy atom. The Bertz CT molecular complexity index is 883. The van der Waals surface area contributed by atoms with Crippen molar-refractivity contribution in [2.45, 2.75) is 39.5 Å². The third kappa shape index (κ3) is 3.53. The molecule has 0 bridgehead atoms. The van der Waals surface area contributed by atoms with Crippen molar-refractivity contribution in [1.82, 2.24) is 19.8 Å². The van der Waals surface area contributed by atoms with Gasteiger partial charge in [0.25, 0.3) is 5.91 Å². The highest BCUT2D eigenvalue weighted by Crippen LogP contribution is 2.31. The normalized spacial score (nSPS) is 17.4. The summed E-state index contributed by atoms with van der Waals surface area (Å²) < 4.78 is 0. The van der Waals surface area contributed by atoms with Crippen LogP contribution in [0.25, 0.3) is 11.0 Å². The summed E-state index contributed by atoms with van der Waals surface area (Å²) >= 11 is 0. The van der Waals surface area contributed by atoms with Crippen molar-refractivity contribution >= 4 is 22.8 Å². The van der Waals surface area contributed by atoms with Crippen LogP contribution in [-0.2, 0) is 17.6 Å². The average molecular weight is 366 g/mol. The lowest BCUT2D eigenvalue weighted by Crippen LogP contribution is -2.51. The van der Waals surface area contributed by atoms with Crippen LogP contribution in [0.2, 0.25) is 0 Å². The minimum atomic E-state index is 0.00911. The van der Waals surface area contributed by atoms with Gasteiger partial charge in [0.1, 0.15) is 0 Å². The number of aromatic nitrogens is 2. The summed E-state index contributed by atoms with van der Waals surface area (Å²) in [6.45, 7) is 6.61. The zero-order valence-corrected chi connectivity index (χ0v) is 16.1. The van der Waals surface area contributed by atoms with Gasteiger partial charge < -0.3 is 9.80 Å². The number of carbonyl (C=O) groups is 2. The molecule has 27 heavy (non-hydrogen) atoms. The van der Waals surface area contributed by atoms with Crippen molar-refractivity contribution in [2.24, 2.45) is 5.92 Å². The smallest absolute Gasteiger partial charge is 0.254 e. The van der Waals surface area contributed by atoms with Gasteiger partial charge in [0, 0.05) is 37.7 Å². The molecule has 1 aliphatic carbocycles. The van der Waals surface area contributed by atoms with Gasteiger partial charge >= 0.3 is 0 Å². The van der Waals surface area contributed by atoms with Crippen LogP contribution in [0.1, 0.15) is 48.4 Å². The molecule has 0 atom stereocenters. The molecular weight excluding hydrogens is 340 g/mol. The molecule has 6 heteroatoms. The molecule has 0 spiro atoms. The first-order valence-corrected chi connectivity index (χ1v) is 9.98. The van der Waals surface area contributed by atoms with E-state index in [0.717, 1.165) is 48.1 Å². The zero-order valence-electron chi connectivity index (χ0n) is 16.1. The first-order chi connectivity index (χ1) is 13.1. The number of carbonyl (C=O) groups excluding carboxylic acids is 2. The lowest BCUT2D eigenvalue weighted by atomic mass is 10.1. The van der Waals surface area contributed by atoms with Crippen molar-refractivity contribution in [1.29, 1.82) is 0 Å². The fourth-order valence-corrected chi connectivity index (χ4v) is 3.73. The molecule has 2 amide bonds. The zero-order chi connectivity index (χ0) is 19.0. The molecule has 2 fully saturated rings. The molecule has 1 aromatic carbocycles. The van der Waals surface area contributed by atoms with Crippen molar-refractivity contribution in [2.75, 3.05) is 26.2 Å². The van der Waals surface area contributed by atoms with E-state index in [1.54, 1.807) is 0 Å². The van der Waals surface area contributed by atoms with Crippen molar-refractivity contribution in [3.05, 3.63) is 35.2 Å². The Hall–Kier alpha value is -2.50. The van der Waals surface area contributed by atoms with Crippen LogP contribution in [0.3, 0.4) is 0 Å². The van der Waals surface area contributed by atoms with E-state index in [4.69, 9.17) is 9.97 Å². The molecule has 1 saturated carbocycles. The maximum Gasteiger partial charge on any atom is 0.254 e. The first kappa shape index (κ1) is 17.9. The van der Waals surface area contributed by atoms with E-state index in [-0.39, 0.29) is 17.7 Å². The molecule has 2 aromatic rings. The summed E-state index contributed by atoms with van der Waals surface area (Å²) in [7, 11) is 0. The molecule has 142 valence electrons. The molecule has 4 rings (SSSR count). The van der Waals surface area contributed by atoms with Crippen molar-refractivity contribution < 1.29 is 9.59 Å². The maximum atomic E-state index is 12.9. The lowest BCUT2D eigenvalue weighted by molar-refractivity contribution is -0.134. The van der Waals surface area contributed by atoms with Crippen LogP contribution in [0.15, 0.2) is 18.2 Å². The Balaban J connectivity index is 1.50. The fraction of sp³-hybridized carbons (Fsp3) is 0.524. The molecule has 1 saturated heterocycles. The number of hydrogen-bond donors (Lipinski definition) is 0. The van der Waals surface area contributed by atoms with Crippen LogP contribution in [0.5, 0.6) is 0 Å². The number of piperazine rings is 1. The van der Waals surface area contributed by atoms with Crippen molar-refractivity contribution in [3.8, 4) is 0 Å². The summed E-state index contributed by atoms with van der Waals surface area (Å²) in [6, 6.07) is 5.58. The van der Waals surface area contributed by atoms with Gasteiger partial charge in [-0.1, -0.05) is 13.8 Å². The molecule has 6 nitrogen and oxygen atoms in total. The number of nitrogens with zero attached hydrogens (tertiary/aromatic N) is 4. The third-order valence-corrected chi connectivity index (χ3v) is 5.54. The van der Waals surface area contributed by atoms with Gasteiger partial charge in [0.15, 0.2) is 0 Å². The van der Waals surface area contributed by atoms with Gasteiger partial charge in [-0.15, -0.1) is 0 Å². The minimum Gasteiger partial charge on any atom is -0.339 e. The largest absolute Gasteiger partial charge is 0.339 e. The quantitative estimate of drug-likeness (QED) is 0.834. The van der Waals surface area contributed by atoms with Gasteiger partial charge in [-0.3, -0.25) is 9.59 Å². The second kappa shape index (κ2) is 7.25. The summed E-state index contributed by atoms with van der Waals surface area (Å²) in [6.07, 6.45) is 3.74. The molecule has 1 aliphatic heterocycles. The van der Waals surface area contributed by atoms with Gasteiger partial charge in [-0.25, -0.2) is 9.97 Å². The van der Waals surface area contributed by atoms with E-state index in [0.29, 0.717) is 31.7 Å². The first-order valence-electron chi connectivity index (χ1n) is 9.98. The van der Waals surface area contributed by atoms with Crippen molar-refractivity contribution in [3.63, 3.8) is 0 Å². The number of fused-ring (bicyclic) bond motifs is 1. The van der Waals surface area contributed by atoms with Crippen LogP contribution >= 0.6 is 0 Å².